The van der Waals surface area contributed by atoms with Crippen molar-refractivity contribution in [3.05, 3.63) is 45.4 Å². The molecule has 0 atom stereocenters. The number of ether oxygens (including phenoxy) is 1. The number of hydrogen-bond donors (Lipinski definition) is 1. The quantitative estimate of drug-likeness (QED) is 0.694. The monoisotopic (exact) mass is 304 g/mol. The lowest BCUT2D eigenvalue weighted by molar-refractivity contribution is 0.0471. The molecule has 0 saturated carbocycles. The van der Waals surface area contributed by atoms with Crippen LogP contribution in [0.4, 0.5) is 5.69 Å². The summed E-state index contributed by atoms with van der Waals surface area (Å²) >= 11 is 1.51. The van der Waals surface area contributed by atoms with Gasteiger partial charge in [0, 0.05) is 16.5 Å². The van der Waals surface area contributed by atoms with Crippen LogP contribution in [0.2, 0.25) is 0 Å². The summed E-state index contributed by atoms with van der Waals surface area (Å²) in [7, 11) is 0. The summed E-state index contributed by atoms with van der Waals surface area (Å²) in [5.41, 5.74) is 8.69. The third kappa shape index (κ3) is 3.82. The molecular weight excluding hydrogens is 284 g/mol. The van der Waals surface area contributed by atoms with E-state index in [-0.39, 0.29) is 18.0 Å². The minimum absolute atomic E-state index is 0.00625. The molecule has 0 amide bonds. The second kappa shape index (κ2) is 5.85. The van der Waals surface area contributed by atoms with Crippen molar-refractivity contribution in [2.45, 2.75) is 39.7 Å². The topological polar surface area (TPSA) is 65.2 Å². The van der Waals surface area contributed by atoms with Gasteiger partial charge >= 0.3 is 5.97 Å². The number of thiazole rings is 1. The van der Waals surface area contributed by atoms with E-state index in [0.29, 0.717) is 11.3 Å². The number of benzene rings is 1. The standard InChI is InChI=1S/C16H20N2O2S/c1-10-7-11(17)5-6-12(10)15(19)20-8-14-18-13(9-21-14)16(2,3)4/h5-7,9H,8,17H2,1-4H3. The maximum Gasteiger partial charge on any atom is 0.338 e. The molecule has 21 heavy (non-hydrogen) atoms. The van der Waals surface area contributed by atoms with Gasteiger partial charge in [0.25, 0.3) is 0 Å². The zero-order valence-electron chi connectivity index (χ0n) is 12.8. The Morgan fingerprint density at radius 1 is 1.38 bits per heavy atom. The Bertz CT molecular complexity index is 657. The van der Waals surface area contributed by atoms with Crippen molar-refractivity contribution in [1.29, 1.82) is 0 Å². The Labute approximate surface area is 129 Å². The van der Waals surface area contributed by atoms with E-state index in [1.54, 1.807) is 18.2 Å². The van der Waals surface area contributed by atoms with Crippen molar-refractivity contribution >= 4 is 23.0 Å². The Kier molecular flexibility index (Phi) is 4.32. The van der Waals surface area contributed by atoms with Crippen molar-refractivity contribution in [1.82, 2.24) is 4.98 Å². The molecule has 2 rings (SSSR count). The zero-order chi connectivity index (χ0) is 15.6. The summed E-state index contributed by atoms with van der Waals surface area (Å²) < 4.78 is 5.33. The predicted octanol–water partition coefficient (Wildman–Crippen LogP) is 3.69. The number of esters is 1. The number of rotatable bonds is 3. The minimum atomic E-state index is -0.347. The Balaban J connectivity index is 2.03. The molecule has 4 nitrogen and oxygen atoms in total. The molecule has 0 radical (unpaired) electrons. The van der Waals surface area contributed by atoms with E-state index in [9.17, 15) is 4.79 Å². The van der Waals surface area contributed by atoms with Gasteiger partial charge in [-0.3, -0.25) is 0 Å². The van der Waals surface area contributed by atoms with Crippen LogP contribution in [0.1, 0.15) is 47.4 Å². The third-order valence-corrected chi connectivity index (χ3v) is 3.94. The van der Waals surface area contributed by atoms with Gasteiger partial charge in [0.2, 0.25) is 0 Å². The molecule has 2 N–H and O–H groups in total. The molecule has 1 aromatic heterocycles. The van der Waals surface area contributed by atoms with Crippen LogP contribution in [0.15, 0.2) is 23.6 Å². The number of aromatic nitrogens is 1. The first-order valence-electron chi connectivity index (χ1n) is 6.75. The maximum atomic E-state index is 12.1. The summed E-state index contributed by atoms with van der Waals surface area (Å²) in [6.45, 7) is 8.36. The summed E-state index contributed by atoms with van der Waals surface area (Å²) in [6, 6.07) is 5.15. The Morgan fingerprint density at radius 3 is 2.67 bits per heavy atom. The molecule has 1 aromatic carbocycles. The van der Waals surface area contributed by atoms with Crippen molar-refractivity contribution in [3.8, 4) is 0 Å². The molecule has 5 heteroatoms. The van der Waals surface area contributed by atoms with Crippen LogP contribution >= 0.6 is 11.3 Å². The fourth-order valence-electron chi connectivity index (χ4n) is 1.84. The molecule has 0 aliphatic rings. The highest BCUT2D eigenvalue weighted by molar-refractivity contribution is 7.09. The van der Waals surface area contributed by atoms with Gasteiger partial charge in [0.1, 0.15) is 11.6 Å². The molecular formula is C16H20N2O2S. The lowest BCUT2D eigenvalue weighted by Gasteiger charge is -2.14. The van der Waals surface area contributed by atoms with E-state index in [2.05, 4.69) is 25.8 Å². The number of anilines is 1. The van der Waals surface area contributed by atoms with E-state index in [4.69, 9.17) is 10.5 Å². The highest BCUT2D eigenvalue weighted by Gasteiger charge is 2.18. The van der Waals surface area contributed by atoms with Gasteiger partial charge in [-0.25, -0.2) is 9.78 Å². The Hall–Kier alpha value is -1.88. The van der Waals surface area contributed by atoms with Gasteiger partial charge in [0.05, 0.1) is 11.3 Å². The highest BCUT2D eigenvalue weighted by atomic mass is 32.1. The maximum absolute atomic E-state index is 12.1. The van der Waals surface area contributed by atoms with Gasteiger partial charge in [-0.2, -0.15) is 0 Å². The number of nitrogens with two attached hydrogens (primary N) is 1. The van der Waals surface area contributed by atoms with Gasteiger partial charge in [0.15, 0.2) is 0 Å². The first-order chi connectivity index (χ1) is 9.77. The van der Waals surface area contributed by atoms with Crippen LogP contribution in [0.5, 0.6) is 0 Å². The van der Waals surface area contributed by atoms with E-state index in [1.165, 1.54) is 11.3 Å². The molecule has 2 aromatic rings. The summed E-state index contributed by atoms with van der Waals surface area (Å²) in [4.78, 5) is 16.6. The lowest BCUT2D eigenvalue weighted by Crippen LogP contribution is -2.12. The predicted molar refractivity (Wildman–Crippen MR) is 85.5 cm³/mol. The molecule has 0 fully saturated rings. The average molecular weight is 304 g/mol. The van der Waals surface area contributed by atoms with Crippen molar-refractivity contribution < 1.29 is 9.53 Å². The normalized spacial score (nSPS) is 11.4. The first kappa shape index (κ1) is 15.5. The van der Waals surface area contributed by atoms with Crippen LogP contribution in [-0.2, 0) is 16.8 Å². The van der Waals surface area contributed by atoms with Crippen LogP contribution in [-0.4, -0.2) is 11.0 Å². The third-order valence-electron chi connectivity index (χ3n) is 3.12. The molecule has 0 unspecified atom stereocenters. The minimum Gasteiger partial charge on any atom is -0.455 e. The van der Waals surface area contributed by atoms with E-state index < -0.39 is 0 Å². The molecule has 0 aliphatic heterocycles. The van der Waals surface area contributed by atoms with Gasteiger partial charge in [-0.1, -0.05) is 20.8 Å². The van der Waals surface area contributed by atoms with Gasteiger partial charge in [-0.15, -0.1) is 11.3 Å². The van der Waals surface area contributed by atoms with E-state index in [0.717, 1.165) is 16.3 Å². The number of nitrogens with zero attached hydrogens (tertiary/aromatic N) is 1. The molecule has 0 saturated heterocycles. The van der Waals surface area contributed by atoms with Crippen molar-refractivity contribution in [3.63, 3.8) is 0 Å². The summed E-state index contributed by atoms with van der Waals surface area (Å²) in [5.74, 6) is -0.347. The van der Waals surface area contributed by atoms with Crippen molar-refractivity contribution in [2.24, 2.45) is 0 Å². The lowest BCUT2D eigenvalue weighted by atomic mass is 9.93. The first-order valence-corrected chi connectivity index (χ1v) is 7.63. The van der Waals surface area contributed by atoms with Crippen molar-refractivity contribution in [2.75, 3.05) is 5.73 Å². The molecule has 0 bridgehead atoms. The fraction of sp³-hybridized carbons (Fsp3) is 0.375. The molecule has 0 spiro atoms. The Morgan fingerprint density at radius 2 is 2.10 bits per heavy atom. The van der Waals surface area contributed by atoms with Gasteiger partial charge in [-0.05, 0) is 30.7 Å². The second-order valence-electron chi connectivity index (χ2n) is 6.03. The van der Waals surface area contributed by atoms with E-state index >= 15 is 0 Å². The van der Waals surface area contributed by atoms with E-state index in [1.807, 2.05) is 12.3 Å². The van der Waals surface area contributed by atoms with Crippen LogP contribution in [0.25, 0.3) is 0 Å². The smallest absolute Gasteiger partial charge is 0.338 e. The average Bonchev–Trinajstić information content (AvgIpc) is 2.84. The largest absolute Gasteiger partial charge is 0.455 e. The highest BCUT2D eigenvalue weighted by Crippen LogP contribution is 2.24. The van der Waals surface area contributed by atoms with Crippen LogP contribution in [0, 0.1) is 6.92 Å². The number of carbonyl (C=O) groups is 1. The number of hydrogen-bond acceptors (Lipinski definition) is 5. The molecule has 1 heterocycles. The number of aryl methyl sites for hydroxylation is 1. The van der Waals surface area contributed by atoms with Crippen LogP contribution in [0.3, 0.4) is 0 Å². The zero-order valence-corrected chi connectivity index (χ0v) is 13.6. The summed E-state index contributed by atoms with van der Waals surface area (Å²) in [6.07, 6.45) is 0. The van der Waals surface area contributed by atoms with Crippen LogP contribution < -0.4 is 5.73 Å². The summed E-state index contributed by atoms with van der Waals surface area (Å²) in [5, 5.41) is 2.82. The fourth-order valence-corrected chi connectivity index (χ4v) is 2.77. The SMILES string of the molecule is Cc1cc(N)ccc1C(=O)OCc1nc(C(C)(C)C)cs1. The van der Waals surface area contributed by atoms with Gasteiger partial charge < -0.3 is 10.5 Å². The second-order valence-corrected chi connectivity index (χ2v) is 6.97. The molecule has 0 aliphatic carbocycles. The number of nitrogen functional groups attached to an aromatic ring is 1. The number of carbonyl (C=O) groups excluding carboxylic acids is 1. The molecule has 112 valence electrons.